The molecule has 1 unspecified atom stereocenters. The van der Waals surface area contributed by atoms with Gasteiger partial charge in [-0.3, -0.25) is 4.79 Å². The zero-order valence-electron chi connectivity index (χ0n) is 12.9. The molecule has 1 aromatic rings. The van der Waals surface area contributed by atoms with E-state index in [1.54, 1.807) is 6.20 Å². The molecule has 7 heteroatoms. The number of halogens is 1. The summed E-state index contributed by atoms with van der Waals surface area (Å²) in [5.74, 6) is 0.345. The van der Waals surface area contributed by atoms with Crippen LogP contribution in [0.25, 0.3) is 0 Å². The molecule has 1 aromatic heterocycles. The first kappa shape index (κ1) is 16.3. The molecule has 0 saturated carbocycles. The number of hydrogen-bond donors (Lipinski definition) is 1. The molecule has 6 nitrogen and oxygen atoms in total. The van der Waals surface area contributed by atoms with Gasteiger partial charge in [-0.25, -0.2) is 4.68 Å². The lowest BCUT2D eigenvalue weighted by Crippen LogP contribution is -2.55. The summed E-state index contributed by atoms with van der Waals surface area (Å²) in [6, 6.07) is 0.156. The number of rotatable bonds is 4. The molecule has 2 heterocycles. The Kier molecular flexibility index (Phi) is 5.24. The minimum absolute atomic E-state index is 0.156. The summed E-state index contributed by atoms with van der Waals surface area (Å²) < 4.78 is 1.43. The highest BCUT2D eigenvalue weighted by atomic mass is 35.5. The normalized spacial score (nSPS) is 20.3. The Hall–Kier alpha value is -1.11. The Labute approximate surface area is 130 Å². The summed E-state index contributed by atoms with van der Waals surface area (Å²) >= 11 is 6.30. The average molecular weight is 314 g/mol. The maximum atomic E-state index is 12.3. The Balaban J connectivity index is 2.32. The van der Waals surface area contributed by atoms with Crippen molar-refractivity contribution in [1.29, 1.82) is 0 Å². The quantitative estimate of drug-likeness (QED) is 0.883. The van der Waals surface area contributed by atoms with Crippen molar-refractivity contribution in [2.45, 2.75) is 26.4 Å². The van der Waals surface area contributed by atoms with E-state index in [0.29, 0.717) is 24.7 Å². The zero-order valence-corrected chi connectivity index (χ0v) is 13.7. The summed E-state index contributed by atoms with van der Waals surface area (Å²) in [5.41, 5.74) is 6.34. The van der Waals surface area contributed by atoms with Crippen molar-refractivity contribution in [2.24, 2.45) is 11.7 Å². The first-order valence-electron chi connectivity index (χ1n) is 7.35. The SMILES string of the molecule is CC(C)Cn1ncc(N2CCN(C)CC2CN)c(Cl)c1=O. The van der Waals surface area contributed by atoms with Crippen molar-refractivity contribution in [2.75, 3.05) is 38.1 Å². The van der Waals surface area contributed by atoms with Crippen LogP contribution in [0.4, 0.5) is 5.69 Å². The Morgan fingerprint density at radius 1 is 1.48 bits per heavy atom. The molecule has 0 spiro atoms. The van der Waals surface area contributed by atoms with Crippen LogP contribution in [0.1, 0.15) is 13.8 Å². The largest absolute Gasteiger partial charge is 0.362 e. The maximum Gasteiger partial charge on any atom is 0.287 e. The third-order valence-electron chi connectivity index (χ3n) is 3.77. The molecule has 0 aromatic carbocycles. The number of hydrogen-bond acceptors (Lipinski definition) is 5. The lowest BCUT2D eigenvalue weighted by molar-refractivity contribution is 0.269. The smallest absolute Gasteiger partial charge is 0.287 e. The molecule has 0 aliphatic carbocycles. The molecule has 1 atom stereocenters. The molecule has 2 N–H and O–H groups in total. The first-order chi connectivity index (χ1) is 9.93. The molecule has 0 amide bonds. The van der Waals surface area contributed by atoms with E-state index in [9.17, 15) is 4.79 Å². The standard InChI is InChI=1S/C14H24ClN5O/c1-10(2)8-20-14(21)13(15)12(7-17-20)19-5-4-18(3)9-11(19)6-16/h7,10-11H,4-6,8-9,16H2,1-3H3. The van der Waals surface area contributed by atoms with Crippen molar-refractivity contribution < 1.29 is 0 Å². The summed E-state index contributed by atoms with van der Waals surface area (Å²) in [6.07, 6.45) is 1.69. The maximum absolute atomic E-state index is 12.3. The molecule has 1 fully saturated rings. The van der Waals surface area contributed by atoms with Crippen molar-refractivity contribution >= 4 is 17.3 Å². The molecule has 118 valence electrons. The average Bonchev–Trinajstić information content (AvgIpc) is 2.44. The van der Waals surface area contributed by atoms with Crippen LogP contribution in [-0.2, 0) is 6.54 Å². The van der Waals surface area contributed by atoms with Gasteiger partial charge in [0.05, 0.1) is 17.9 Å². The number of anilines is 1. The van der Waals surface area contributed by atoms with E-state index < -0.39 is 0 Å². The molecule has 1 aliphatic heterocycles. The predicted octanol–water partition coefficient (Wildman–Crippen LogP) is 0.632. The number of nitrogens with zero attached hydrogens (tertiary/aromatic N) is 4. The van der Waals surface area contributed by atoms with E-state index in [1.807, 2.05) is 13.8 Å². The second kappa shape index (κ2) is 6.77. The molecule has 0 radical (unpaired) electrons. The van der Waals surface area contributed by atoms with Gasteiger partial charge < -0.3 is 15.5 Å². The van der Waals surface area contributed by atoms with E-state index in [-0.39, 0.29) is 16.6 Å². The fourth-order valence-electron chi connectivity index (χ4n) is 2.66. The van der Waals surface area contributed by atoms with Crippen molar-refractivity contribution in [3.05, 3.63) is 21.6 Å². The van der Waals surface area contributed by atoms with Crippen molar-refractivity contribution in [3.63, 3.8) is 0 Å². The molecule has 2 rings (SSSR count). The summed E-state index contributed by atoms with van der Waals surface area (Å²) in [5, 5.41) is 4.51. The highest BCUT2D eigenvalue weighted by molar-refractivity contribution is 6.33. The van der Waals surface area contributed by atoms with Gasteiger partial charge in [0.25, 0.3) is 5.56 Å². The summed E-state index contributed by atoms with van der Waals surface area (Å²) in [4.78, 5) is 16.7. The van der Waals surface area contributed by atoms with Gasteiger partial charge in [-0.15, -0.1) is 0 Å². The zero-order chi connectivity index (χ0) is 15.6. The van der Waals surface area contributed by atoms with Gasteiger partial charge in [-0.05, 0) is 13.0 Å². The van der Waals surface area contributed by atoms with Crippen LogP contribution < -0.4 is 16.2 Å². The van der Waals surface area contributed by atoms with E-state index in [2.05, 4.69) is 21.9 Å². The number of aromatic nitrogens is 2. The van der Waals surface area contributed by atoms with E-state index in [1.165, 1.54) is 4.68 Å². The molecule has 1 aliphatic rings. The molecule has 0 bridgehead atoms. The van der Waals surface area contributed by atoms with Gasteiger partial charge in [-0.1, -0.05) is 25.4 Å². The molecule has 21 heavy (non-hydrogen) atoms. The summed E-state index contributed by atoms with van der Waals surface area (Å²) in [7, 11) is 2.07. The van der Waals surface area contributed by atoms with Crippen LogP contribution in [0.5, 0.6) is 0 Å². The Morgan fingerprint density at radius 3 is 2.81 bits per heavy atom. The fourth-order valence-corrected chi connectivity index (χ4v) is 2.92. The third-order valence-corrected chi connectivity index (χ3v) is 4.13. The van der Waals surface area contributed by atoms with Gasteiger partial charge in [0.2, 0.25) is 0 Å². The highest BCUT2D eigenvalue weighted by Crippen LogP contribution is 2.25. The topological polar surface area (TPSA) is 67.4 Å². The van der Waals surface area contributed by atoms with Gasteiger partial charge in [-0.2, -0.15) is 5.10 Å². The van der Waals surface area contributed by atoms with Crippen LogP contribution in [0, 0.1) is 5.92 Å². The van der Waals surface area contributed by atoms with Gasteiger partial charge >= 0.3 is 0 Å². The minimum Gasteiger partial charge on any atom is -0.362 e. The predicted molar refractivity (Wildman–Crippen MR) is 86.0 cm³/mol. The van der Waals surface area contributed by atoms with Gasteiger partial charge in [0.15, 0.2) is 0 Å². The van der Waals surface area contributed by atoms with Crippen LogP contribution in [-0.4, -0.2) is 53.9 Å². The van der Waals surface area contributed by atoms with Crippen molar-refractivity contribution in [1.82, 2.24) is 14.7 Å². The number of piperazine rings is 1. The monoisotopic (exact) mass is 313 g/mol. The molecular formula is C14H24ClN5O. The van der Waals surface area contributed by atoms with Crippen LogP contribution in [0.15, 0.2) is 11.0 Å². The van der Waals surface area contributed by atoms with Gasteiger partial charge in [0.1, 0.15) is 5.02 Å². The number of likely N-dealkylation sites (N-methyl/N-ethyl adjacent to an activating group) is 1. The van der Waals surface area contributed by atoms with Crippen LogP contribution in [0.3, 0.4) is 0 Å². The van der Waals surface area contributed by atoms with E-state index >= 15 is 0 Å². The fraction of sp³-hybridized carbons (Fsp3) is 0.714. The third kappa shape index (κ3) is 3.56. The summed E-state index contributed by atoms with van der Waals surface area (Å²) in [6.45, 7) is 7.76. The van der Waals surface area contributed by atoms with Crippen molar-refractivity contribution in [3.8, 4) is 0 Å². The minimum atomic E-state index is -0.224. The first-order valence-corrected chi connectivity index (χ1v) is 7.72. The van der Waals surface area contributed by atoms with Crippen LogP contribution >= 0.6 is 11.6 Å². The lowest BCUT2D eigenvalue weighted by atomic mass is 10.1. The molecule has 1 saturated heterocycles. The van der Waals surface area contributed by atoms with Gasteiger partial charge in [0, 0.05) is 32.7 Å². The second-order valence-corrected chi connectivity index (χ2v) is 6.45. The highest BCUT2D eigenvalue weighted by Gasteiger charge is 2.27. The second-order valence-electron chi connectivity index (χ2n) is 6.07. The van der Waals surface area contributed by atoms with E-state index in [4.69, 9.17) is 17.3 Å². The molecular weight excluding hydrogens is 290 g/mol. The Bertz CT molecular complexity index is 545. The number of nitrogens with two attached hydrogens (primary N) is 1. The van der Waals surface area contributed by atoms with Crippen LogP contribution in [0.2, 0.25) is 5.02 Å². The van der Waals surface area contributed by atoms with E-state index in [0.717, 1.165) is 19.6 Å². The lowest BCUT2D eigenvalue weighted by Gasteiger charge is -2.41. The Morgan fingerprint density at radius 2 is 2.19 bits per heavy atom.